The fourth-order valence-corrected chi connectivity index (χ4v) is 3.10. The molecule has 134 valence electrons. The molecular formula is C22H23NO3. The molecule has 0 unspecified atom stereocenters. The van der Waals surface area contributed by atoms with Crippen LogP contribution < -0.4 is 14.8 Å². The zero-order valence-corrected chi connectivity index (χ0v) is 15.1. The maximum absolute atomic E-state index is 12.3. The van der Waals surface area contributed by atoms with Crippen LogP contribution in [0.1, 0.15) is 11.1 Å². The van der Waals surface area contributed by atoms with Crippen molar-refractivity contribution in [2.75, 3.05) is 20.8 Å². The average molecular weight is 349 g/mol. The molecule has 0 aliphatic heterocycles. The van der Waals surface area contributed by atoms with Crippen molar-refractivity contribution >= 4 is 16.7 Å². The van der Waals surface area contributed by atoms with E-state index >= 15 is 0 Å². The van der Waals surface area contributed by atoms with Crippen LogP contribution in [0.3, 0.4) is 0 Å². The topological polar surface area (TPSA) is 47.6 Å². The number of methoxy groups -OCH3 is 2. The first-order valence-corrected chi connectivity index (χ1v) is 8.65. The Morgan fingerprint density at radius 1 is 0.923 bits per heavy atom. The Balaban J connectivity index is 1.61. The van der Waals surface area contributed by atoms with Crippen molar-refractivity contribution in [2.45, 2.75) is 12.8 Å². The van der Waals surface area contributed by atoms with Crippen molar-refractivity contribution < 1.29 is 14.3 Å². The lowest BCUT2D eigenvalue weighted by atomic mass is 10.0. The van der Waals surface area contributed by atoms with Crippen LogP contribution in [0.15, 0.2) is 60.7 Å². The van der Waals surface area contributed by atoms with E-state index in [2.05, 4.69) is 35.6 Å². The number of hydrogen-bond acceptors (Lipinski definition) is 3. The molecule has 0 radical (unpaired) electrons. The van der Waals surface area contributed by atoms with E-state index in [-0.39, 0.29) is 12.3 Å². The molecule has 4 nitrogen and oxygen atoms in total. The van der Waals surface area contributed by atoms with E-state index in [0.717, 1.165) is 12.0 Å². The minimum atomic E-state index is -0.0308. The van der Waals surface area contributed by atoms with Crippen LogP contribution in [-0.4, -0.2) is 26.7 Å². The van der Waals surface area contributed by atoms with Gasteiger partial charge in [-0.2, -0.15) is 0 Å². The van der Waals surface area contributed by atoms with Crippen LogP contribution in [0.4, 0.5) is 0 Å². The smallest absolute Gasteiger partial charge is 0.224 e. The van der Waals surface area contributed by atoms with Gasteiger partial charge in [-0.05, 0) is 41.0 Å². The van der Waals surface area contributed by atoms with Crippen molar-refractivity contribution in [3.8, 4) is 11.5 Å². The van der Waals surface area contributed by atoms with Gasteiger partial charge in [0.05, 0.1) is 20.6 Å². The van der Waals surface area contributed by atoms with E-state index in [1.54, 1.807) is 14.2 Å². The van der Waals surface area contributed by atoms with Gasteiger partial charge in [0.2, 0.25) is 5.91 Å². The van der Waals surface area contributed by atoms with Crippen molar-refractivity contribution in [3.63, 3.8) is 0 Å². The zero-order chi connectivity index (χ0) is 18.4. The molecule has 1 N–H and O–H groups in total. The maximum Gasteiger partial charge on any atom is 0.224 e. The molecule has 4 heteroatoms. The molecule has 0 aliphatic rings. The number of ether oxygens (including phenoxy) is 2. The number of rotatable bonds is 7. The summed E-state index contributed by atoms with van der Waals surface area (Å²) in [6, 6.07) is 20.0. The number of amides is 1. The second-order valence-electron chi connectivity index (χ2n) is 6.09. The van der Waals surface area contributed by atoms with Gasteiger partial charge in [0.1, 0.15) is 11.5 Å². The third kappa shape index (κ3) is 4.14. The Bertz CT molecular complexity index is 900. The summed E-state index contributed by atoms with van der Waals surface area (Å²) in [6.07, 6.45) is 1.05. The van der Waals surface area contributed by atoms with Gasteiger partial charge < -0.3 is 14.8 Å². The number of carbonyl (C=O) groups is 1. The molecule has 0 saturated heterocycles. The monoisotopic (exact) mass is 349 g/mol. The van der Waals surface area contributed by atoms with Gasteiger partial charge in [-0.3, -0.25) is 4.79 Å². The summed E-state index contributed by atoms with van der Waals surface area (Å²) in [5.74, 6) is 1.37. The number of benzene rings is 3. The third-order valence-corrected chi connectivity index (χ3v) is 4.44. The predicted molar refractivity (Wildman–Crippen MR) is 104 cm³/mol. The van der Waals surface area contributed by atoms with Crippen LogP contribution in [0, 0.1) is 0 Å². The Morgan fingerprint density at radius 3 is 2.54 bits per heavy atom. The van der Waals surface area contributed by atoms with Gasteiger partial charge in [0.15, 0.2) is 0 Å². The van der Waals surface area contributed by atoms with Crippen molar-refractivity contribution in [1.82, 2.24) is 5.32 Å². The summed E-state index contributed by atoms with van der Waals surface area (Å²) in [6.45, 7) is 0.596. The summed E-state index contributed by atoms with van der Waals surface area (Å²) < 4.78 is 10.6. The van der Waals surface area contributed by atoms with E-state index in [0.29, 0.717) is 18.0 Å². The second-order valence-corrected chi connectivity index (χ2v) is 6.09. The van der Waals surface area contributed by atoms with Gasteiger partial charge in [0, 0.05) is 12.1 Å². The molecule has 1 amide bonds. The molecule has 26 heavy (non-hydrogen) atoms. The van der Waals surface area contributed by atoms with Crippen molar-refractivity contribution in [3.05, 3.63) is 71.8 Å². The number of fused-ring (bicyclic) bond motifs is 1. The normalized spacial score (nSPS) is 10.5. The molecule has 0 heterocycles. The summed E-state index contributed by atoms with van der Waals surface area (Å²) in [4.78, 5) is 12.3. The Labute approximate surface area is 153 Å². The molecule has 0 fully saturated rings. The molecule has 3 rings (SSSR count). The fourth-order valence-electron chi connectivity index (χ4n) is 3.10. The van der Waals surface area contributed by atoms with Gasteiger partial charge >= 0.3 is 0 Å². The molecule has 0 aliphatic carbocycles. The number of carbonyl (C=O) groups excluding carboxylic acids is 1. The average Bonchev–Trinajstić information content (AvgIpc) is 2.68. The third-order valence-electron chi connectivity index (χ3n) is 4.44. The highest BCUT2D eigenvalue weighted by atomic mass is 16.5. The minimum absolute atomic E-state index is 0.0308. The van der Waals surface area contributed by atoms with Gasteiger partial charge in [-0.1, -0.05) is 42.5 Å². The molecule has 3 aromatic rings. The quantitative estimate of drug-likeness (QED) is 0.706. The van der Waals surface area contributed by atoms with Crippen LogP contribution in [0.25, 0.3) is 10.8 Å². The highest BCUT2D eigenvalue weighted by molar-refractivity contribution is 5.85. The Morgan fingerprint density at radius 2 is 1.73 bits per heavy atom. The van der Waals surface area contributed by atoms with Crippen LogP contribution in [0.5, 0.6) is 11.5 Å². The molecule has 0 bridgehead atoms. The highest BCUT2D eigenvalue weighted by Crippen LogP contribution is 2.24. The van der Waals surface area contributed by atoms with Crippen molar-refractivity contribution in [2.24, 2.45) is 0 Å². The molecular weight excluding hydrogens is 326 g/mol. The Kier molecular flexibility index (Phi) is 5.74. The summed E-state index contributed by atoms with van der Waals surface area (Å²) in [5, 5.41) is 5.45. The van der Waals surface area contributed by atoms with Crippen LogP contribution in [-0.2, 0) is 17.6 Å². The summed E-state index contributed by atoms with van der Waals surface area (Å²) in [5.41, 5.74) is 2.05. The van der Waals surface area contributed by atoms with E-state index in [1.807, 2.05) is 30.3 Å². The number of hydrogen-bond donors (Lipinski definition) is 1. The molecule has 0 spiro atoms. The second kappa shape index (κ2) is 8.39. The molecule has 0 atom stereocenters. The fraction of sp³-hybridized carbons (Fsp3) is 0.227. The van der Waals surface area contributed by atoms with Crippen LogP contribution >= 0.6 is 0 Å². The lowest BCUT2D eigenvalue weighted by Gasteiger charge is -2.11. The van der Waals surface area contributed by atoms with Gasteiger partial charge in [0.25, 0.3) is 0 Å². The predicted octanol–water partition coefficient (Wildman–Crippen LogP) is 3.76. The minimum Gasteiger partial charge on any atom is -0.497 e. The molecule has 3 aromatic carbocycles. The first-order valence-electron chi connectivity index (χ1n) is 8.65. The first-order chi connectivity index (χ1) is 12.7. The standard InChI is InChI=1S/C22H23NO3/c1-25-19-10-11-21(26-2)18(14-19)15-22(24)23-13-12-17-8-5-7-16-6-3-4-9-20(16)17/h3-11,14H,12-13,15H2,1-2H3,(H,23,24). The lowest BCUT2D eigenvalue weighted by Crippen LogP contribution is -2.27. The van der Waals surface area contributed by atoms with Gasteiger partial charge in [-0.25, -0.2) is 0 Å². The summed E-state index contributed by atoms with van der Waals surface area (Å²) in [7, 11) is 3.21. The van der Waals surface area contributed by atoms with E-state index < -0.39 is 0 Å². The van der Waals surface area contributed by atoms with Crippen molar-refractivity contribution in [1.29, 1.82) is 0 Å². The first kappa shape index (κ1) is 17.8. The van der Waals surface area contributed by atoms with Crippen LogP contribution in [0.2, 0.25) is 0 Å². The molecule has 0 saturated carbocycles. The Hall–Kier alpha value is -3.01. The highest BCUT2D eigenvalue weighted by Gasteiger charge is 2.10. The zero-order valence-electron chi connectivity index (χ0n) is 15.1. The van der Waals surface area contributed by atoms with E-state index in [9.17, 15) is 4.79 Å². The lowest BCUT2D eigenvalue weighted by molar-refractivity contribution is -0.120. The SMILES string of the molecule is COc1ccc(OC)c(CC(=O)NCCc2cccc3ccccc23)c1. The van der Waals surface area contributed by atoms with Gasteiger partial charge in [-0.15, -0.1) is 0 Å². The summed E-state index contributed by atoms with van der Waals surface area (Å²) >= 11 is 0. The molecule has 0 aromatic heterocycles. The number of nitrogens with one attached hydrogen (secondary N) is 1. The van der Waals surface area contributed by atoms with E-state index in [1.165, 1.54) is 16.3 Å². The van der Waals surface area contributed by atoms with E-state index in [4.69, 9.17) is 9.47 Å². The largest absolute Gasteiger partial charge is 0.497 e. The maximum atomic E-state index is 12.3.